The molecule has 0 unspecified atom stereocenters. The molecule has 110 valence electrons. The second-order valence-corrected chi connectivity index (χ2v) is 3.46. The first-order valence-electron chi connectivity index (χ1n) is 5.47. The number of aromatic hydroxyl groups is 1. The van der Waals surface area contributed by atoms with Crippen molar-refractivity contribution in [2.45, 2.75) is 12.8 Å². The van der Waals surface area contributed by atoms with Gasteiger partial charge in [-0.15, -0.1) is 37.8 Å². The van der Waals surface area contributed by atoms with Gasteiger partial charge in [0.15, 0.2) is 11.5 Å². The minimum Gasteiger partial charge on any atom is -0.504 e. The molecule has 0 saturated heterocycles. The topological polar surface area (TPSA) is 29.5 Å². The quantitative estimate of drug-likeness (QED) is 0.501. The second kappa shape index (κ2) is 14.7. The summed E-state index contributed by atoms with van der Waals surface area (Å²) in [6.07, 6.45) is 12.4. The van der Waals surface area contributed by atoms with Crippen LogP contribution in [-0.4, -0.2) is 12.2 Å². The third-order valence-corrected chi connectivity index (χ3v) is 2.25. The van der Waals surface area contributed by atoms with Crippen LogP contribution in [0.5, 0.6) is 11.5 Å². The second-order valence-electron chi connectivity index (χ2n) is 3.46. The van der Waals surface area contributed by atoms with Crippen molar-refractivity contribution in [1.29, 1.82) is 0 Å². The number of methoxy groups -OCH3 is 1. The molecule has 0 bridgehead atoms. The smallest absolute Gasteiger partial charge is 0.161 e. The molecule has 20 heavy (non-hydrogen) atoms. The number of rotatable bonds is 3. The van der Waals surface area contributed by atoms with Gasteiger partial charge in [-0.3, -0.25) is 6.08 Å². The Labute approximate surface area is 148 Å². The van der Waals surface area contributed by atoms with E-state index in [4.69, 9.17) is 4.74 Å². The normalized spacial score (nSPS) is 10.1. The maximum absolute atomic E-state index is 9.55. The van der Waals surface area contributed by atoms with Gasteiger partial charge in [-0.1, -0.05) is 18.2 Å². The summed E-state index contributed by atoms with van der Waals surface area (Å²) in [5.41, 5.74) is 0.837. The number of para-hydroxylation sites is 1. The third kappa shape index (κ3) is 8.49. The standard InChI is InChI=1S/C10H12O2.C5H5.2ClH.Ti/c1-3-5-8-6-4-7-9(12-2)10(8)11;1-2-4-5-3-1;;;/h3-4,6-7,11H,1,5H2,2H3;1-3H,4H2;2*1H;/q;-1;;;. The van der Waals surface area contributed by atoms with E-state index in [1.54, 1.807) is 12.1 Å². The average Bonchev–Trinajstić information content (AvgIpc) is 2.91. The van der Waals surface area contributed by atoms with Crippen molar-refractivity contribution in [3.05, 3.63) is 60.7 Å². The van der Waals surface area contributed by atoms with E-state index in [0.717, 1.165) is 12.0 Å². The fourth-order valence-corrected chi connectivity index (χ4v) is 1.39. The zero-order valence-corrected chi connectivity index (χ0v) is 14.5. The van der Waals surface area contributed by atoms with E-state index in [2.05, 4.69) is 18.7 Å². The summed E-state index contributed by atoms with van der Waals surface area (Å²) in [6.45, 7) is 3.60. The number of hydrogen-bond acceptors (Lipinski definition) is 2. The van der Waals surface area contributed by atoms with Crippen LogP contribution in [0.4, 0.5) is 0 Å². The molecule has 0 amide bonds. The molecule has 1 aromatic carbocycles. The molecule has 1 aliphatic carbocycles. The molecule has 0 fully saturated rings. The zero-order chi connectivity index (χ0) is 12.5. The molecule has 1 aromatic rings. The number of allylic oxidation sites excluding steroid dienone is 5. The van der Waals surface area contributed by atoms with Crippen LogP contribution in [0.3, 0.4) is 0 Å². The first-order valence-corrected chi connectivity index (χ1v) is 5.47. The maximum atomic E-state index is 9.55. The first kappa shape index (κ1) is 24.4. The van der Waals surface area contributed by atoms with Gasteiger partial charge in [0.25, 0.3) is 0 Å². The Morgan fingerprint density at radius 2 is 2.10 bits per heavy atom. The Morgan fingerprint density at radius 3 is 2.50 bits per heavy atom. The zero-order valence-electron chi connectivity index (χ0n) is 11.3. The maximum Gasteiger partial charge on any atom is 0.161 e. The molecule has 0 radical (unpaired) electrons. The summed E-state index contributed by atoms with van der Waals surface area (Å²) in [6, 6.07) is 5.42. The fraction of sp³-hybridized carbons (Fsp3) is 0.200. The average molecular weight is 350 g/mol. The van der Waals surface area contributed by atoms with Crippen molar-refractivity contribution < 1.29 is 31.6 Å². The first-order chi connectivity index (χ1) is 8.29. The van der Waals surface area contributed by atoms with Crippen LogP contribution < -0.4 is 4.74 Å². The van der Waals surface area contributed by atoms with Crippen molar-refractivity contribution in [1.82, 2.24) is 0 Å². The van der Waals surface area contributed by atoms with Gasteiger partial charge in [0.2, 0.25) is 0 Å². The van der Waals surface area contributed by atoms with Crippen molar-refractivity contribution in [2.75, 3.05) is 7.11 Å². The predicted octanol–water partition coefficient (Wildman–Crippen LogP) is 4.28. The van der Waals surface area contributed by atoms with E-state index < -0.39 is 0 Å². The number of ether oxygens (including phenoxy) is 1. The van der Waals surface area contributed by atoms with E-state index in [0.29, 0.717) is 12.2 Å². The van der Waals surface area contributed by atoms with Gasteiger partial charge in [0, 0.05) is 27.3 Å². The number of phenolic OH excluding ortho intramolecular Hbond substituents is 1. The molecular formula is C15H19Cl2O2Ti-. The molecule has 0 aliphatic heterocycles. The van der Waals surface area contributed by atoms with Gasteiger partial charge in [0.05, 0.1) is 7.11 Å². The molecule has 5 heteroatoms. The molecular weight excluding hydrogens is 331 g/mol. The molecule has 0 aromatic heterocycles. The summed E-state index contributed by atoms with van der Waals surface area (Å²) in [7, 11) is 1.53. The largest absolute Gasteiger partial charge is 0.504 e. The Morgan fingerprint density at radius 1 is 1.40 bits per heavy atom. The molecule has 0 saturated carbocycles. The summed E-state index contributed by atoms with van der Waals surface area (Å²) < 4.78 is 4.95. The van der Waals surface area contributed by atoms with Crippen LogP contribution in [0.1, 0.15) is 12.0 Å². The van der Waals surface area contributed by atoms with E-state index in [1.165, 1.54) is 7.11 Å². The Kier molecular flexibility index (Phi) is 17.9. The van der Waals surface area contributed by atoms with Crippen molar-refractivity contribution in [3.8, 4) is 11.5 Å². The van der Waals surface area contributed by atoms with Crippen LogP contribution in [0.2, 0.25) is 0 Å². The monoisotopic (exact) mass is 349 g/mol. The number of phenols is 1. The van der Waals surface area contributed by atoms with Crippen LogP contribution >= 0.6 is 24.8 Å². The van der Waals surface area contributed by atoms with E-state index in [9.17, 15) is 5.11 Å². The summed E-state index contributed by atoms with van der Waals surface area (Å²) in [4.78, 5) is 0. The Bertz CT molecular complexity index is 422. The van der Waals surface area contributed by atoms with Crippen LogP contribution in [0.25, 0.3) is 0 Å². The van der Waals surface area contributed by atoms with Gasteiger partial charge >= 0.3 is 0 Å². The summed E-state index contributed by atoms with van der Waals surface area (Å²) >= 11 is 0. The van der Waals surface area contributed by atoms with Gasteiger partial charge in [-0.05, 0) is 12.5 Å². The van der Waals surface area contributed by atoms with Gasteiger partial charge in [0.1, 0.15) is 0 Å². The predicted molar refractivity (Wildman–Crippen MR) is 84.6 cm³/mol. The van der Waals surface area contributed by atoms with Gasteiger partial charge < -0.3 is 9.84 Å². The minimum atomic E-state index is 0. The molecule has 0 heterocycles. The Hall–Kier alpha value is -0.666. The molecule has 2 nitrogen and oxygen atoms in total. The summed E-state index contributed by atoms with van der Waals surface area (Å²) in [5.74, 6) is 0.717. The molecule has 0 atom stereocenters. The molecule has 1 N–H and O–H groups in total. The molecule has 1 aliphatic rings. The van der Waals surface area contributed by atoms with E-state index in [1.807, 2.05) is 24.3 Å². The fourth-order valence-electron chi connectivity index (χ4n) is 1.39. The number of halogens is 2. The van der Waals surface area contributed by atoms with Crippen molar-refractivity contribution in [2.24, 2.45) is 0 Å². The number of hydrogen-bond donors (Lipinski definition) is 1. The van der Waals surface area contributed by atoms with Gasteiger partial charge in [-0.25, -0.2) is 12.2 Å². The van der Waals surface area contributed by atoms with Crippen molar-refractivity contribution in [3.63, 3.8) is 0 Å². The minimum absolute atomic E-state index is 0. The molecule has 2 rings (SSSR count). The van der Waals surface area contributed by atoms with Crippen LogP contribution in [-0.2, 0) is 28.1 Å². The Balaban J connectivity index is -0.000000312. The summed E-state index contributed by atoms with van der Waals surface area (Å²) in [5, 5.41) is 9.55. The third-order valence-electron chi connectivity index (χ3n) is 2.25. The van der Waals surface area contributed by atoms with Crippen LogP contribution in [0.15, 0.2) is 49.1 Å². The van der Waals surface area contributed by atoms with E-state index >= 15 is 0 Å². The van der Waals surface area contributed by atoms with Gasteiger partial charge in [-0.2, -0.15) is 6.08 Å². The van der Waals surface area contributed by atoms with E-state index in [-0.39, 0.29) is 52.3 Å². The number of benzene rings is 1. The SMILES string of the molecule is C=CCc1cccc(OC)c1O.Cl.Cl.[C-]1=CC=CC1.[Ti]. The van der Waals surface area contributed by atoms with Crippen molar-refractivity contribution >= 4 is 24.8 Å². The molecule has 0 spiro atoms. The van der Waals surface area contributed by atoms with Crippen LogP contribution in [0, 0.1) is 6.08 Å².